The van der Waals surface area contributed by atoms with Crippen LogP contribution in [0.5, 0.6) is 0 Å². The Morgan fingerprint density at radius 1 is 1.21 bits per heavy atom. The van der Waals surface area contributed by atoms with Crippen molar-refractivity contribution >= 4 is 12.2 Å². The molecule has 0 fully saturated rings. The number of nitrogens with zero attached hydrogens (tertiary/aromatic N) is 2. The molecule has 0 saturated carbocycles. The second-order valence-electron chi connectivity index (χ2n) is 2.70. The number of nitrogens with one attached hydrogen (secondary N) is 2. The van der Waals surface area contributed by atoms with Gasteiger partial charge in [0, 0.05) is 5.56 Å². The summed E-state index contributed by atoms with van der Waals surface area (Å²) in [6, 6.07) is 9.16. The summed E-state index contributed by atoms with van der Waals surface area (Å²) in [4.78, 5) is 4.06. The normalized spacial score (nSPS) is 9.64. The number of nitriles is 1. The number of hydrogen-bond donors (Lipinski definition) is 2. The van der Waals surface area contributed by atoms with Crippen LogP contribution in [-0.4, -0.2) is 15.2 Å². The number of rotatable bonds is 1. The Kier molecular flexibility index (Phi) is 2.13. The molecule has 1 aromatic carbocycles. The van der Waals surface area contributed by atoms with E-state index in [0.717, 1.165) is 5.56 Å². The van der Waals surface area contributed by atoms with Gasteiger partial charge in [0.1, 0.15) is 0 Å². The molecule has 2 rings (SSSR count). The quantitative estimate of drug-likeness (QED) is 0.695. The zero-order valence-electron chi connectivity index (χ0n) is 7.11. The van der Waals surface area contributed by atoms with Crippen LogP contribution >= 0.6 is 12.2 Å². The van der Waals surface area contributed by atoms with Crippen molar-refractivity contribution in [1.82, 2.24) is 15.2 Å². The van der Waals surface area contributed by atoms with Gasteiger partial charge in [0.15, 0.2) is 5.82 Å². The Bertz CT molecular complexity index is 529. The fraction of sp³-hybridized carbons (Fsp3) is 0. The summed E-state index contributed by atoms with van der Waals surface area (Å²) in [6.45, 7) is 0. The predicted molar refractivity (Wildman–Crippen MR) is 53.9 cm³/mol. The minimum atomic E-state index is 0.421. The molecule has 0 unspecified atom stereocenters. The molecule has 1 heterocycles. The van der Waals surface area contributed by atoms with E-state index in [9.17, 15) is 0 Å². The highest BCUT2D eigenvalue weighted by Gasteiger charge is 2.00. The molecule has 5 heteroatoms. The molecule has 0 aliphatic carbocycles. The fourth-order valence-electron chi connectivity index (χ4n) is 1.11. The molecule has 68 valence electrons. The molecule has 2 N–H and O–H groups in total. The molecule has 0 saturated heterocycles. The van der Waals surface area contributed by atoms with Crippen molar-refractivity contribution in [2.45, 2.75) is 0 Å². The van der Waals surface area contributed by atoms with Crippen molar-refractivity contribution in [2.24, 2.45) is 0 Å². The first-order valence-corrected chi connectivity index (χ1v) is 4.35. The summed E-state index contributed by atoms with van der Waals surface area (Å²) in [5.74, 6) is 0.680. The van der Waals surface area contributed by atoms with Gasteiger partial charge in [-0.25, -0.2) is 0 Å². The minimum absolute atomic E-state index is 0.421. The van der Waals surface area contributed by atoms with E-state index in [0.29, 0.717) is 16.2 Å². The van der Waals surface area contributed by atoms with Crippen molar-refractivity contribution in [1.29, 1.82) is 5.26 Å². The maximum absolute atomic E-state index is 8.61. The summed E-state index contributed by atoms with van der Waals surface area (Å²) in [5, 5.41) is 14.2. The minimum Gasteiger partial charge on any atom is -0.282 e. The summed E-state index contributed by atoms with van der Waals surface area (Å²) >= 11 is 4.83. The van der Waals surface area contributed by atoms with Gasteiger partial charge in [-0.05, 0) is 36.5 Å². The Morgan fingerprint density at radius 2 is 1.93 bits per heavy atom. The highest BCUT2D eigenvalue weighted by molar-refractivity contribution is 7.71. The molecule has 2 aromatic rings. The Hall–Kier alpha value is -1.93. The lowest BCUT2D eigenvalue weighted by atomic mass is 10.1. The van der Waals surface area contributed by atoms with E-state index in [1.54, 1.807) is 12.1 Å². The maximum atomic E-state index is 8.61. The van der Waals surface area contributed by atoms with Gasteiger partial charge in [-0.3, -0.25) is 10.2 Å². The van der Waals surface area contributed by atoms with Gasteiger partial charge in [0.2, 0.25) is 4.77 Å². The SMILES string of the molecule is N#Cc1ccc(-c2nc(=S)[nH][nH]2)cc1. The molecule has 0 bridgehead atoms. The highest BCUT2D eigenvalue weighted by Crippen LogP contribution is 2.13. The Balaban J connectivity index is 2.44. The van der Waals surface area contributed by atoms with Crippen LogP contribution in [-0.2, 0) is 0 Å². The second-order valence-corrected chi connectivity index (χ2v) is 3.09. The molecule has 14 heavy (non-hydrogen) atoms. The lowest BCUT2D eigenvalue weighted by molar-refractivity contribution is 1.08. The maximum Gasteiger partial charge on any atom is 0.213 e. The molecule has 1 aromatic heterocycles. The predicted octanol–water partition coefficient (Wildman–Crippen LogP) is 2.01. The first-order chi connectivity index (χ1) is 6.79. The van der Waals surface area contributed by atoms with Crippen LogP contribution in [0.4, 0.5) is 0 Å². The molecule has 0 aliphatic heterocycles. The second kappa shape index (κ2) is 3.44. The summed E-state index contributed by atoms with van der Waals surface area (Å²) in [7, 11) is 0. The van der Waals surface area contributed by atoms with Gasteiger partial charge in [0.25, 0.3) is 0 Å². The molecule has 0 spiro atoms. The standard InChI is InChI=1S/C9H6N4S/c10-5-6-1-3-7(4-2-6)8-11-9(14)13-12-8/h1-4H,(H2,11,12,13,14). The third-order valence-corrected chi connectivity index (χ3v) is 1.98. The van der Waals surface area contributed by atoms with Crippen LogP contribution in [0.2, 0.25) is 0 Å². The van der Waals surface area contributed by atoms with Gasteiger partial charge in [-0.2, -0.15) is 10.2 Å². The van der Waals surface area contributed by atoms with Crippen LogP contribution in [0.1, 0.15) is 5.56 Å². The molecular formula is C9H6N4S. The first-order valence-electron chi connectivity index (χ1n) is 3.95. The molecular weight excluding hydrogens is 196 g/mol. The summed E-state index contributed by atoms with van der Waals surface area (Å²) in [6.07, 6.45) is 0. The molecule has 0 radical (unpaired) electrons. The van der Waals surface area contributed by atoms with Gasteiger partial charge in [0.05, 0.1) is 11.6 Å². The molecule has 0 amide bonds. The molecule has 0 atom stereocenters. The first kappa shape index (κ1) is 8.66. The Labute approximate surface area is 85.2 Å². The van der Waals surface area contributed by atoms with E-state index in [4.69, 9.17) is 17.5 Å². The van der Waals surface area contributed by atoms with E-state index in [2.05, 4.69) is 21.3 Å². The van der Waals surface area contributed by atoms with Crippen LogP contribution in [0.15, 0.2) is 24.3 Å². The molecule has 4 nitrogen and oxygen atoms in total. The van der Waals surface area contributed by atoms with Gasteiger partial charge in [-0.15, -0.1) is 0 Å². The van der Waals surface area contributed by atoms with Crippen molar-refractivity contribution < 1.29 is 0 Å². The third-order valence-electron chi connectivity index (χ3n) is 1.79. The summed E-state index contributed by atoms with van der Waals surface area (Å²) in [5.41, 5.74) is 1.53. The van der Waals surface area contributed by atoms with Crippen LogP contribution in [0.3, 0.4) is 0 Å². The van der Waals surface area contributed by atoms with E-state index in [1.807, 2.05) is 12.1 Å². The topological polar surface area (TPSA) is 68.3 Å². The fourth-order valence-corrected chi connectivity index (χ4v) is 1.25. The van der Waals surface area contributed by atoms with E-state index in [-0.39, 0.29) is 0 Å². The molecule has 0 aliphatic rings. The number of H-pyrrole nitrogens is 2. The third kappa shape index (κ3) is 1.56. The van der Waals surface area contributed by atoms with Crippen molar-refractivity contribution in [3.63, 3.8) is 0 Å². The average Bonchev–Trinajstić information content (AvgIpc) is 2.65. The highest BCUT2D eigenvalue weighted by atomic mass is 32.1. The largest absolute Gasteiger partial charge is 0.282 e. The zero-order chi connectivity index (χ0) is 9.97. The van der Waals surface area contributed by atoms with E-state index >= 15 is 0 Å². The van der Waals surface area contributed by atoms with E-state index in [1.165, 1.54) is 0 Å². The van der Waals surface area contributed by atoms with Crippen molar-refractivity contribution in [3.8, 4) is 17.5 Å². The van der Waals surface area contributed by atoms with Crippen LogP contribution < -0.4 is 0 Å². The number of benzene rings is 1. The number of hydrogen-bond acceptors (Lipinski definition) is 3. The van der Waals surface area contributed by atoms with Crippen LogP contribution in [0.25, 0.3) is 11.4 Å². The number of aromatic amines is 2. The van der Waals surface area contributed by atoms with Crippen molar-refractivity contribution in [2.75, 3.05) is 0 Å². The smallest absolute Gasteiger partial charge is 0.213 e. The Morgan fingerprint density at radius 3 is 2.43 bits per heavy atom. The zero-order valence-corrected chi connectivity index (χ0v) is 7.93. The van der Waals surface area contributed by atoms with Gasteiger partial charge in [-0.1, -0.05) is 0 Å². The monoisotopic (exact) mass is 202 g/mol. The lowest BCUT2D eigenvalue weighted by Gasteiger charge is -1.94. The van der Waals surface area contributed by atoms with Gasteiger partial charge >= 0.3 is 0 Å². The van der Waals surface area contributed by atoms with Crippen LogP contribution in [0, 0.1) is 16.1 Å². The summed E-state index contributed by atoms with van der Waals surface area (Å²) < 4.78 is 0.421. The van der Waals surface area contributed by atoms with E-state index < -0.39 is 0 Å². The number of aromatic nitrogens is 3. The lowest BCUT2D eigenvalue weighted by Crippen LogP contribution is -1.81. The van der Waals surface area contributed by atoms with Gasteiger partial charge < -0.3 is 0 Å². The average molecular weight is 202 g/mol. The van der Waals surface area contributed by atoms with Crippen molar-refractivity contribution in [3.05, 3.63) is 34.6 Å².